The minimum absolute atomic E-state index is 0.0549. The number of aromatic nitrogens is 2. The van der Waals surface area contributed by atoms with Crippen molar-refractivity contribution in [3.8, 4) is 16.9 Å². The molecule has 3 aromatic rings. The molecule has 1 N–H and O–H groups in total. The van der Waals surface area contributed by atoms with Gasteiger partial charge in [-0.25, -0.2) is 0 Å². The third kappa shape index (κ3) is 5.12. The van der Waals surface area contributed by atoms with Crippen LogP contribution in [0.15, 0.2) is 48.8 Å². The second-order valence-corrected chi connectivity index (χ2v) is 10.2. The van der Waals surface area contributed by atoms with Gasteiger partial charge in [0.15, 0.2) is 0 Å². The molecule has 2 aromatic carbocycles. The van der Waals surface area contributed by atoms with E-state index in [4.69, 9.17) is 4.74 Å². The number of hydrogen-bond donors (Lipinski definition) is 1. The lowest BCUT2D eigenvalue weighted by Crippen LogP contribution is -2.60. The minimum Gasteiger partial charge on any atom is -0.497 e. The Balaban J connectivity index is 1.29. The topological polar surface area (TPSA) is 62.6 Å². The fourth-order valence-electron chi connectivity index (χ4n) is 5.32. The van der Waals surface area contributed by atoms with E-state index in [1.165, 1.54) is 32.4 Å². The van der Waals surface area contributed by atoms with Crippen LogP contribution < -0.4 is 15.0 Å². The van der Waals surface area contributed by atoms with E-state index in [9.17, 15) is 4.79 Å². The molecular formula is C29H37N5O2. The van der Waals surface area contributed by atoms with Gasteiger partial charge >= 0.3 is 0 Å². The molecule has 5 rings (SSSR count). The van der Waals surface area contributed by atoms with Gasteiger partial charge in [0.25, 0.3) is 5.91 Å². The number of aryl methyl sites for hydroxylation is 2. The van der Waals surface area contributed by atoms with Crippen LogP contribution in [0.4, 0.5) is 5.69 Å². The third-order valence-electron chi connectivity index (χ3n) is 7.65. The van der Waals surface area contributed by atoms with Gasteiger partial charge in [-0.2, -0.15) is 5.10 Å². The van der Waals surface area contributed by atoms with E-state index in [0.717, 1.165) is 52.3 Å². The van der Waals surface area contributed by atoms with Crippen LogP contribution in [-0.4, -0.2) is 59.9 Å². The Morgan fingerprint density at radius 3 is 2.56 bits per heavy atom. The first-order valence-electron chi connectivity index (χ1n) is 13.0. The lowest BCUT2D eigenvalue weighted by molar-refractivity contribution is 0.0939. The number of anilines is 1. The maximum absolute atomic E-state index is 13.4. The highest BCUT2D eigenvalue weighted by Gasteiger charge is 2.32. The molecule has 2 saturated heterocycles. The molecular weight excluding hydrogens is 450 g/mol. The first-order valence-corrected chi connectivity index (χ1v) is 13.0. The van der Waals surface area contributed by atoms with Crippen molar-refractivity contribution < 1.29 is 9.53 Å². The summed E-state index contributed by atoms with van der Waals surface area (Å²) in [6.07, 6.45) is 7.81. The van der Waals surface area contributed by atoms with Gasteiger partial charge in [0, 0.05) is 49.2 Å². The Bertz CT molecular complexity index is 1220. The average Bonchev–Trinajstić information content (AvgIpc) is 3.30. The number of amides is 1. The highest BCUT2D eigenvalue weighted by molar-refractivity contribution is 5.97. The summed E-state index contributed by atoms with van der Waals surface area (Å²) >= 11 is 0. The van der Waals surface area contributed by atoms with E-state index in [0.29, 0.717) is 6.04 Å². The van der Waals surface area contributed by atoms with Gasteiger partial charge in [-0.3, -0.25) is 14.4 Å². The number of hydrogen-bond acceptors (Lipinski definition) is 5. The van der Waals surface area contributed by atoms with Crippen molar-refractivity contribution in [2.24, 2.45) is 7.05 Å². The van der Waals surface area contributed by atoms with Gasteiger partial charge < -0.3 is 15.0 Å². The van der Waals surface area contributed by atoms with Gasteiger partial charge in [0.05, 0.1) is 19.3 Å². The van der Waals surface area contributed by atoms with Gasteiger partial charge in [-0.05, 0) is 86.8 Å². The molecule has 7 heteroatoms. The van der Waals surface area contributed by atoms with E-state index in [1.54, 1.807) is 11.8 Å². The zero-order valence-electron chi connectivity index (χ0n) is 21.8. The van der Waals surface area contributed by atoms with Crippen molar-refractivity contribution in [3.63, 3.8) is 0 Å². The Labute approximate surface area is 214 Å². The zero-order chi connectivity index (χ0) is 25.2. The van der Waals surface area contributed by atoms with E-state index < -0.39 is 0 Å². The van der Waals surface area contributed by atoms with Crippen LogP contribution in [0.5, 0.6) is 5.75 Å². The smallest absolute Gasteiger partial charge is 0.252 e. The molecule has 3 heterocycles. The van der Waals surface area contributed by atoms with E-state index in [2.05, 4.69) is 44.5 Å². The summed E-state index contributed by atoms with van der Waals surface area (Å²) < 4.78 is 7.33. The molecule has 1 atom stereocenters. The molecule has 0 aliphatic carbocycles. The van der Waals surface area contributed by atoms with Gasteiger partial charge in [0.1, 0.15) is 5.75 Å². The Morgan fingerprint density at radius 1 is 1.08 bits per heavy atom. The third-order valence-corrected chi connectivity index (χ3v) is 7.65. The Morgan fingerprint density at radius 2 is 1.86 bits per heavy atom. The van der Waals surface area contributed by atoms with E-state index >= 15 is 0 Å². The number of nitrogens with zero attached hydrogens (tertiary/aromatic N) is 4. The van der Waals surface area contributed by atoms with Gasteiger partial charge in [0.2, 0.25) is 0 Å². The zero-order valence-corrected chi connectivity index (χ0v) is 21.8. The predicted molar refractivity (Wildman–Crippen MR) is 144 cm³/mol. The van der Waals surface area contributed by atoms with Crippen LogP contribution in [0.3, 0.4) is 0 Å². The van der Waals surface area contributed by atoms with Gasteiger partial charge in [-0.1, -0.05) is 12.5 Å². The molecule has 0 bridgehead atoms. The summed E-state index contributed by atoms with van der Waals surface area (Å²) in [5.41, 5.74) is 5.86. The lowest BCUT2D eigenvalue weighted by Gasteiger charge is -2.48. The number of carbonyl (C=O) groups is 1. The fraction of sp³-hybridized carbons (Fsp3) is 0.448. The monoisotopic (exact) mass is 487 g/mol. The number of piperidine rings is 1. The van der Waals surface area contributed by atoms with E-state index in [-0.39, 0.29) is 11.9 Å². The molecule has 2 fully saturated rings. The van der Waals surface area contributed by atoms with Crippen molar-refractivity contribution in [1.82, 2.24) is 20.0 Å². The van der Waals surface area contributed by atoms with Gasteiger partial charge in [-0.15, -0.1) is 0 Å². The SMILES string of the molecule is COc1cc(-c2cnn(C)c2)cc([C@@H](C)NC(=O)c2cc(N3CC(N4CCCCC4)C3)ccc2C)c1. The van der Waals surface area contributed by atoms with Crippen LogP contribution in [-0.2, 0) is 7.05 Å². The van der Waals surface area contributed by atoms with Crippen LogP contribution in [0.25, 0.3) is 11.1 Å². The minimum atomic E-state index is -0.182. The number of ether oxygens (including phenoxy) is 1. The summed E-state index contributed by atoms with van der Waals surface area (Å²) in [6, 6.07) is 12.8. The Hall–Kier alpha value is -3.32. The van der Waals surface area contributed by atoms with Crippen LogP contribution >= 0.6 is 0 Å². The molecule has 0 radical (unpaired) electrons. The summed E-state index contributed by atoms with van der Waals surface area (Å²) in [5, 5.41) is 7.49. The quantitative estimate of drug-likeness (QED) is 0.529. The number of carbonyl (C=O) groups excluding carboxylic acids is 1. The molecule has 1 aromatic heterocycles. The number of methoxy groups -OCH3 is 1. The van der Waals surface area contributed by atoms with Crippen molar-refractivity contribution in [3.05, 3.63) is 65.5 Å². The molecule has 2 aliphatic heterocycles. The maximum Gasteiger partial charge on any atom is 0.252 e. The second-order valence-electron chi connectivity index (χ2n) is 10.2. The average molecular weight is 488 g/mol. The number of benzene rings is 2. The molecule has 0 saturated carbocycles. The molecule has 190 valence electrons. The molecule has 7 nitrogen and oxygen atoms in total. The summed E-state index contributed by atoms with van der Waals surface area (Å²) in [4.78, 5) is 18.4. The maximum atomic E-state index is 13.4. The number of rotatable bonds is 7. The van der Waals surface area contributed by atoms with E-state index in [1.807, 2.05) is 45.4 Å². The molecule has 36 heavy (non-hydrogen) atoms. The van der Waals surface area contributed by atoms with Crippen LogP contribution in [0, 0.1) is 6.92 Å². The number of nitrogens with one attached hydrogen (secondary N) is 1. The highest BCUT2D eigenvalue weighted by Crippen LogP contribution is 2.30. The number of likely N-dealkylation sites (tertiary alicyclic amines) is 1. The first-order chi connectivity index (χ1) is 17.4. The summed E-state index contributed by atoms with van der Waals surface area (Å²) in [7, 11) is 3.56. The summed E-state index contributed by atoms with van der Waals surface area (Å²) in [5.74, 6) is 0.701. The summed E-state index contributed by atoms with van der Waals surface area (Å²) in [6.45, 7) is 8.55. The predicted octanol–water partition coefficient (Wildman–Crippen LogP) is 4.57. The molecule has 0 spiro atoms. The van der Waals surface area contributed by atoms with Crippen molar-refractivity contribution in [2.45, 2.75) is 45.2 Å². The largest absolute Gasteiger partial charge is 0.497 e. The van der Waals surface area contributed by atoms with Crippen molar-refractivity contribution in [2.75, 3.05) is 38.2 Å². The lowest BCUT2D eigenvalue weighted by atomic mass is 9.99. The molecule has 2 aliphatic rings. The van der Waals surface area contributed by atoms with Crippen LogP contribution in [0.1, 0.15) is 53.7 Å². The standard InChI is InChI=1S/C29H37N5O2/c1-20-8-9-25(34-18-26(19-34)33-10-6-5-7-11-33)15-28(20)29(35)31-21(2)22-12-23(14-27(13-22)36-4)24-16-30-32(3)17-24/h8-9,12-17,21,26H,5-7,10-11,18-19H2,1-4H3,(H,31,35)/t21-/m1/s1. The second kappa shape index (κ2) is 10.3. The molecule has 1 amide bonds. The highest BCUT2D eigenvalue weighted by atomic mass is 16.5. The van der Waals surface area contributed by atoms with Crippen molar-refractivity contribution in [1.29, 1.82) is 0 Å². The van der Waals surface area contributed by atoms with Crippen LogP contribution in [0.2, 0.25) is 0 Å². The normalized spacial score (nSPS) is 17.5. The first kappa shape index (κ1) is 24.4. The van der Waals surface area contributed by atoms with Crippen molar-refractivity contribution >= 4 is 11.6 Å². The fourth-order valence-corrected chi connectivity index (χ4v) is 5.32. The molecule has 0 unspecified atom stereocenters. The Kier molecular flexibility index (Phi) is 7.01.